The summed E-state index contributed by atoms with van der Waals surface area (Å²) >= 11 is 3.59. The molecule has 1 aliphatic heterocycles. The van der Waals surface area contributed by atoms with E-state index in [1.807, 2.05) is 18.2 Å². The van der Waals surface area contributed by atoms with Gasteiger partial charge in [-0.1, -0.05) is 40.2 Å². The summed E-state index contributed by atoms with van der Waals surface area (Å²) in [6, 6.07) is 14.5. The maximum atomic E-state index is 5.78. The van der Waals surface area contributed by atoms with Crippen molar-refractivity contribution in [3.8, 4) is 16.9 Å². The van der Waals surface area contributed by atoms with Crippen LogP contribution in [0, 0.1) is 0 Å². The second kappa shape index (κ2) is 4.65. The predicted octanol–water partition coefficient (Wildman–Crippen LogP) is 4.31. The number of anilines is 1. The lowest BCUT2D eigenvalue weighted by Crippen LogP contribution is -2.27. The third-order valence-corrected chi connectivity index (χ3v) is 3.76. The van der Waals surface area contributed by atoms with Gasteiger partial charge in [0.2, 0.25) is 0 Å². The molecule has 2 aromatic carbocycles. The van der Waals surface area contributed by atoms with Crippen molar-refractivity contribution >= 4 is 21.6 Å². The molecule has 3 heteroatoms. The number of fused-ring (bicyclic) bond motifs is 1. The van der Waals surface area contributed by atoms with Gasteiger partial charge in [-0.15, -0.1) is 0 Å². The quantitative estimate of drug-likeness (QED) is 0.847. The van der Waals surface area contributed by atoms with Gasteiger partial charge in [-0.2, -0.15) is 0 Å². The number of nitrogens with one attached hydrogen (secondary N) is 1. The monoisotopic (exact) mass is 303 g/mol. The van der Waals surface area contributed by atoms with E-state index in [1.54, 1.807) is 0 Å². The van der Waals surface area contributed by atoms with Crippen LogP contribution in [0.1, 0.15) is 6.92 Å². The molecule has 92 valence electrons. The van der Waals surface area contributed by atoms with E-state index in [-0.39, 0.29) is 6.10 Å². The van der Waals surface area contributed by atoms with Crippen LogP contribution in [-0.2, 0) is 0 Å². The summed E-state index contributed by atoms with van der Waals surface area (Å²) in [4.78, 5) is 0. The van der Waals surface area contributed by atoms with E-state index < -0.39 is 0 Å². The fraction of sp³-hybridized carbons (Fsp3) is 0.200. The van der Waals surface area contributed by atoms with Gasteiger partial charge in [-0.25, -0.2) is 0 Å². The first-order valence-electron chi connectivity index (χ1n) is 6.03. The van der Waals surface area contributed by atoms with Gasteiger partial charge >= 0.3 is 0 Å². The van der Waals surface area contributed by atoms with Crippen LogP contribution in [0.2, 0.25) is 0 Å². The predicted molar refractivity (Wildman–Crippen MR) is 78.2 cm³/mol. The van der Waals surface area contributed by atoms with Crippen molar-refractivity contribution in [1.29, 1.82) is 0 Å². The summed E-state index contributed by atoms with van der Waals surface area (Å²) in [6.07, 6.45) is 0.229. The van der Waals surface area contributed by atoms with Crippen LogP contribution < -0.4 is 10.1 Å². The molecular formula is C15H14BrNO. The second-order valence-electron chi connectivity index (χ2n) is 4.50. The molecule has 2 nitrogen and oxygen atoms in total. The molecule has 1 atom stereocenters. The van der Waals surface area contributed by atoms with Crippen molar-refractivity contribution in [2.75, 3.05) is 11.9 Å². The van der Waals surface area contributed by atoms with E-state index in [0.29, 0.717) is 0 Å². The molecule has 2 aromatic rings. The number of halogens is 1. The van der Waals surface area contributed by atoms with Crippen LogP contribution in [0.4, 0.5) is 5.69 Å². The average molecular weight is 304 g/mol. The zero-order valence-electron chi connectivity index (χ0n) is 10.1. The molecule has 0 fully saturated rings. The molecule has 1 heterocycles. The minimum absolute atomic E-state index is 0.229. The molecule has 1 aliphatic rings. The average Bonchev–Trinajstić information content (AvgIpc) is 2.39. The van der Waals surface area contributed by atoms with Gasteiger partial charge in [0.1, 0.15) is 11.9 Å². The van der Waals surface area contributed by atoms with Gasteiger partial charge in [-0.05, 0) is 36.2 Å². The number of rotatable bonds is 1. The zero-order chi connectivity index (χ0) is 12.5. The molecular weight excluding hydrogens is 290 g/mol. The number of hydrogen-bond acceptors (Lipinski definition) is 2. The van der Waals surface area contributed by atoms with Crippen LogP contribution in [0.25, 0.3) is 11.1 Å². The van der Waals surface area contributed by atoms with Gasteiger partial charge in [-0.3, -0.25) is 0 Å². The molecule has 0 saturated carbocycles. The summed E-state index contributed by atoms with van der Waals surface area (Å²) in [7, 11) is 0. The topological polar surface area (TPSA) is 21.3 Å². The molecule has 1 N–H and O–H groups in total. The lowest BCUT2D eigenvalue weighted by molar-refractivity contribution is 0.226. The van der Waals surface area contributed by atoms with E-state index in [4.69, 9.17) is 4.74 Å². The van der Waals surface area contributed by atoms with E-state index in [2.05, 4.69) is 52.4 Å². The lowest BCUT2D eigenvalue weighted by Gasteiger charge is -2.25. The van der Waals surface area contributed by atoms with Crippen LogP contribution in [0.15, 0.2) is 46.9 Å². The maximum absolute atomic E-state index is 5.78. The Morgan fingerprint density at radius 1 is 1.22 bits per heavy atom. The molecule has 18 heavy (non-hydrogen) atoms. The molecule has 0 aliphatic carbocycles. The van der Waals surface area contributed by atoms with E-state index in [0.717, 1.165) is 22.5 Å². The van der Waals surface area contributed by atoms with Crippen molar-refractivity contribution in [2.45, 2.75) is 13.0 Å². The highest BCUT2D eigenvalue weighted by molar-refractivity contribution is 9.10. The molecule has 0 saturated heterocycles. The summed E-state index contributed by atoms with van der Waals surface area (Å²) in [5, 5.41) is 3.40. The van der Waals surface area contributed by atoms with E-state index >= 15 is 0 Å². The van der Waals surface area contributed by atoms with Crippen LogP contribution >= 0.6 is 15.9 Å². The smallest absolute Gasteiger partial charge is 0.142 e. The minimum atomic E-state index is 0.229. The van der Waals surface area contributed by atoms with Gasteiger partial charge in [0, 0.05) is 4.47 Å². The highest BCUT2D eigenvalue weighted by Crippen LogP contribution is 2.35. The highest BCUT2D eigenvalue weighted by atomic mass is 79.9. The molecule has 0 spiro atoms. The molecule has 1 unspecified atom stereocenters. The van der Waals surface area contributed by atoms with Gasteiger partial charge in [0.25, 0.3) is 0 Å². The molecule has 0 amide bonds. The first-order valence-corrected chi connectivity index (χ1v) is 6.83. The Morgan fingerprint density at radius 3 is 2.89 bits per heavy atom. The van der Waals surface area contributed by atoms with Crippen LogP contribution in [-0.4, -0.2) is 12.6 Å². The first-order chi connectivity index (χ1) is 8.74. The third kappa shape index (κ3) is 2.10. The number of benzene rings is 2. The number of hydrogen-bond donors (Lipinski definition) is 1. The first kappa shape index (κ1) is 11.6. The highest BCUT2D eigenvalue weighted by Gasteiger charge is 2.16. The Hall–Kier alpha value is -1.48. The van der Waals surface area contributed by atoms with Gasteiger partial charge < -0.3 is 10.1 Å². The summed E-state index contributed by atoms with van der Waals surface area (Å²) in [6.45, 7) is 2.92. The molecule has 0 radical (unpaired) electrons. The summed E-state index contributed by atoms with van der Waals surface area (Å²) in [5.41, 5.74) is 3.45. The second-order valence-corrected chi connectivity index (χ2v) is 5.35. The Balaban J connectivity index is 2.03. The lowest BCUT2D eigenvalue weighted by atomic mass is 10.0. The van der Waals surface area contributed by atoms with Crippen LogP contribution in [0.3, 0.4) is 0 Å². The molecule has 0 bridgehead atoms. The Bertz CT molecular complexity index is 582. The zero-order valence-corrected chi connectivity index (χ0v) is 11.7. The number of ether oxygens (including phenoxy) is 1. The van der Waals surface area contributed by atoms with Gasteiger partial charge in [0.15, 0.2) is 0 Å². The van der Waals surface area contributed by atoms with Crippen molar-refractivity contribution in [3.05, 3.63) is 46.9 Å². The van der Waals surface area contributed by atoms with Gasteiger partial charge in [0.05, 0.1) is 12.2 Å². The molecule has 3 rings (SSSR count). The van der Waals surface area contributed by atoms with Crippen molar-refractivity contribution < 1.29 is 4.74 Å². The van der Waals surface area contributed by atoms with Crippen molar-refractivity contribution in [3.63, 3.8) is 0 Å². The largest absolute Gasteiger partial charge is 0.487 e. The van der Waals surface area contributed by atoms with E-state index in [9.17, 15) is 0 Å². The molecule has 0 aromatic heterocycles. The minimum Gasteiger partial charge on any atom is -0.487 e. The Kier molecular flexibility index (Phi) is 3.00. The normalized spacial score (nSPS) is 17.6. The van der Waals surface area contributed by atoms with Crippen molar-refractivity contribution in [1.82, 2.24) is 0 Å². The Morgan fingerprint density at radius 2 is 2.06 bits per heavy atom. The standard InChI is InChI=1S/C15H14BrNO/c1-10-9-17-14-8-11(6-7-15(14)18-10)12-4-2-3-5-13(12)16/h2-8,10,17H,9H2,1H3. The summed E-state index contributed by atoms with van der Waals surface area (Å²) in [5.74, 6) is 0.935. The summed E-state index contributed by atoms with van der Waals surface area (Å²) < 4.78 is 6.89. The maximum Gasteiger partial charge on any atom is 0.142 e. The van der Waals surface area contributed by atoms with Crippen LogP contribution in [0.5, 0.6) is 5.75 Å². The fourth-order valence-electron chi connectivity index (χ4n) is 2.15. The van der Waals surface area contributed by atoms with E-state index in [1.165, 1.54) is 11.1 Å². The Labute approximate surface area is 115 Å². The SMILES string of the molecule is CC1CNc2cc(-c3ccccc3Br)ccc2O1. The van der Waals surface area contributed by atoms with Crippen molar-refractivity contribution in [2.24, 2.45) is 0 Å². The third-order valence-electron chi connectivity index (χ3n) is 3.07. The fourth-order valence-corrected chi connectivity index (χ4v) is 2.66.